The molecule has 4 rings (SSSR count). The fourth-order valence-corrected chi connectivity index (χ4v) is 5.67. The maximum absolute atomic E-state index is 13.1. The van der Waals surface area contributed by atoms with Crippen LogP contribution in [0.4, 0.5) is 10.1 Å². The van der Waals surface area contributed by atoms with Crippen LogP contribution in [0.5, 0.6) is 0 Å². The molecule has 1 N–H and O–H groups in total. The van der Waals surface area contributed by atoms with Crippen LogP contribution in [-0.2, 0) is 21.4 Å². The number of amides is 1. The highest BCUT2D eigenvalue weighted by molar-refractivity contribution is 7.89. The summed E-state index contributed by atoms with van der Waals surface area (Å²) in [6, 6.07) is 9.63. The van der Waals surface area contributed by atoms with E-state index in [4.69, 9.17) is 0 Å². The summed E-state index contributed by atoms with van der Waals surface area (Å²) in [4.78, 5) is 28.7. The van der Waals surface area contributed by atoms with Gasteiger partial charge in [-0.25, -0.2) is 22.6 Å². The lowest BCUT2D eigenvalue weighted by atomic mass is 10.1. The summed E-state index contributed by atoms with van der Waals surface area (Å²) >= 11 is 0. The largest absolute Gasteiger partial charge is 0.348 e. The Labute approximate surface area is 184 Å². The monoisotopic (exact) mass is 458 g/mol. The number of piperidine rings is 1. The Kier molecular flexibility index (Phi) is 6.07. The van der Waals surface area contributed by atoms with E-state index in [9.17, 15) is 22.4 Å². The average molecular weight is 459 g/mol. The van der Waals surface area contributed by atoms with Crippen molar-refractivity contribution in [2.45, 2.75) is 43.7 Å². The zero-order valence-electron chi connectivity index (χ0n) is 17.5. The second-order valence-electron chi connectivity index (χ2n) is 7.86. The van der Waals surface area contributed by atoms with E-state index in [1.54, 1.807) is 0 Å². The lowest BCUT2D eigenvalue weighted by Crippen LogP contribution is -2.41. The normalized spacial score (nSPS) is 17.4. The molecule has 1 fully saturated rings. The first kappa shape index (κ1) is 22.1. The molecule has 1 atom stereocenters. The summed E-state index contributed by atoms with van der Waals surface area (Å²) in [5, 5.41) is 3.03. The van der Waals surface area contributed by atoms with Gasteiger partial charge in [0, 0.05) is 29.9 Å². The molecule has 1 aromatic heterocycles. The summed E-state index contributed by atoms with van der Waals surface area (Å²) in [6.07, 6.45) is 3.95. The minimum Gasteiger partial charge on any atom is -0.325 e. The summed E-state index contributed by atoms with van der Waals surface area (Å²) in [7, 11) is -3.68. The van der Waals surface area contributed by atoms with E-state index in [0.29, 0.717) is 23.1 Å². The van der Waals surface area contributed by atoms with Crippen LogP contribution in [0.15, 0.2) is 58.4 Å². The third-order valence-electron chi connectivity index (χ3n) is 5.61. The molecular weight excluding hydrogens is 435 g/mol. The summed E-state index contributed by atoms with van der Waals surface area (Å²) in [6.45, 7) is 2.05. The molecule has 1 aliphatic heterocycles. The minimum absolute atomic E-state index is 0.0771. The molecule has 8 nitrogen and oxygen atoms in total. The first-order valence-electron chi connectivity index (χ1n) is 10.3. The number of hydrogen-bond donors (Lipinski definition) is 1. The van der Waals surface area contributed by atoms with Crippen molar-refractivity contribution in [1.82, 2.24) is 13.9 Å². The Hall–Kier alpha value is -3.11. The van der Waals surface area contributed by atoms with Gasteiger partial charge in [0.1, 0.15) is 12.4 Å². The lowest BCUT2D eigenvalue weighted by Gasteiger charge is -2.32. The Morgan fingerprint density at radius 3 is 2.66 bits per heavy atom. The third-order valence-corrected chi connectivity index (χ3v) is 7.62. The van der Waals surface area contributed by atoms with Crippen molar-refractivity contribution >= 4 is 32.5 Å². The number of carbonyl (C=O) groups excluding carboxylic acids is 1. The molecule has 1 amide bonds. The predicted molar refractivity (Wildman–Crippen MR) is 118 cm³/mol. The highest BCUT2D eigenvalue weighted by Crippen LogP contribution is 2.27. The van der Waals surface area contributed by atoms with E-state index in [-0.39, 0.29) is 17.5 Å². The molecule has 0 spiro atoms. The second-order valence-corrected chi connectivity index (χ2v) is 9.75. The maximum Gasteiger partial charge on any atom is 0.348 e. The third kappa shape index (κ3) is 4.42. The molecule has 2 aromatic carbocycles. The Balaban J connectivity index is 1.63. The smallest absolute Gasteiger partial charge is 0.325 e. The van der Waals surface area contributed by atoms with Gasteiger partial charge in [0.2, 0.25) is 15.9 Å². The molecule has 10 heteroatoms. The fraction of sp³-hybridized carbons (Fsp3) is 0.318. The van der Waals surface area contributed by atoms with Gasteiger partial charge in [0.25, 0.3) is 0 Å². The number of halogens is 1. The van der Waals surface area contributed by atoms with E-state index in [2.05, 4.69) is 10.3 Å². The summed E-state index contributed by atoms with van der Waals surface area (Å²) in [5.41, 5.74) is 0.151. The minimum atomic E-state index is -3.68. The first-order chi connectivity index (χ1) is 15.3. The van der Waals surface area contributed by atoms with Crippen LogP contribution >= 0.6 is 0 Å². The lowest BCUT2D eigenvalue weighted by molar-refractivity contribution is -0.116. The molecular formula is C22H23FN4O4S. The Bertz CT molecular complexity index is 1320. The van der Waals surface area contributed by atoms with Crippen LogP contribution in [-0.4, -0.2) is 40.8 Å². The number of hydrogen-bond acceptors (Lipinski definition) is 5. The van der Waals surface area contributed by atoms with E-state index in [0.717, 1.165) is 19.3 Å². The maximum atomic E-state index is 13.1. The number of benzene rings is 2. The van der Waals surface area contributed by atoms with Gasteiger partial charge in [-0.3, -0.25) is 9.36 Å². The predicted octanol–water partition coefficient (Wildman–Crippen LogP) is 2.74. The molecule has 0 radical (unpaired) electrons. The van der Waals surface area contributed by atoms with E-state index < -0.39 is 27.4 Å². The van der Waals surface area contributed by atoms with Crippen molar-refractivity contribution in [1.29, 1.82) is 0 Å². The number of rotatable bonds is 5. The fourth-order valence-electron chi connectivity index (χ4n) is 3.93. The highest BCUT2D eigenvalue weighted by Gasteiger charge is 2.31. The quantitative estimate of drug-likeness (QED) is 0.634. The van der Waals surface area contributed by atoms with E-state index in [1.165, 1.54) is 57.5 Å². The number of carbonyl (C=O) groups is 1. The molecule has 0 unspecified atom stereocenters. The summed E-state index contributed by atoms with van der Waals surface area (Å²) < 4.78 is 42.0. The molecule has 1 saturated heterocycles. The van der Waals surface area contributed by atoms with E-state index >= 15 is 0 Å². The van der Waals surface area contributed by atoms with Crippen molar-refractivity contribution in [3.63, 3.8) is 0 Å². The number of nitrogens with zero attached hydrogens (tertiary/aromatic N) is 3. The Morgan fingerprint density at radius 2 is 1.94 bits per heavy atom. The summed E-state index contributed by atoms with van der Waals surface area (Å²) in [5.74, 6) is -0.922. The number of nitrogens with one attached hydrogen (secondary N) is 1. The van der Waals surface area contributed by atoms with Crippen LogP contribution in [0.2, 0.25) is 0 Å². The van der Waals surface area contributed by atoms with Gasteiger partial charge < -0.3 is 5.32 Å². The van der Waals surface area contributed by atoms with Gasteiger partial charge in [-0.05, 0) is 62.2 Å². The van der Waals surface area contributed by atoms with Gasteiger partial charge in [0.15, 0.2) is 0 Å². The van der Waals surface area contributed by atoms with Gasteiger partial charge in [-0.1, -0.05) is 6.42 Å². The van der Waals surface area contributed by atoms with Crippen LogP contribution in [0, 0.1) is 5.82 Å². The molecule has 0 aliphatic carbocycles. The second kappa shape index (κ2) is 8.79. The highest BCUT2D eigenvalue weighted by atomic mass is 32.2. The first-order valence-corrected chi connectivity index (χ1v) is 11.8. The molecule has 1 aliphatic rings. The van der Waals surface area contributed by atoms with Gasteiger partial charge >= 0.3 is 5.69 Å². The van der Waals surface area contributed by atoms with Crippen molar-refractivity contribution in [2.75, 3.05) is 11.9 Å². The molecule has 0 saturated carbocycles. The van der Waals surface area contributed by atoms with Gasteiger partial charge in [0.05, 0.1) is 10.4 Å². The number of fused-ring (bicyclic) bond motifs is 1. The van der Waals surface area contributed by atoms with Crippen LogP contribution < -0.4 is 11.0 Å². The molecule has 0 bridgehead atoms. The van der Waals surface area contributed by atoms with Crippen molar-refractivity contribution in [3.05, 3.63) is 65.0 Å². The van der Waals surface area contributed by atoms with Gasteiger partial charge in [-0.2, -0.15) is 4.31 Å². The zero-order chi connectivity index (χ0) is 22.9. The number of anilines is 1. The van der Waals surface area contributed by atoms with Crippen LogP contribution in [0.25, 0.3) is 10.9 Å². The molecule has 32 heavy (non-hydrogen) atoms. The standard InChI is InChI=1S/C22H23FN4O4S/c1-15-4-2-3-11-27(15)32(30,31)19-9-10-20-16(12-19)13-24-22(29)26(20)14-21(28)25-18-7-5-17(23)6-8-18/h5-10,12-13,15H,2-4,11,14H2,1H3,(H,25,28)/t15-/m0/s1. The Morgan fingerprint density at radius 1 is 1.19 bits per heavy atom. The SMILES string of the molecule is C[C@H]1CCCCN1S(=O)(=O)c1ccc2c(cnc(=O)n2CC(=O)Nc2ccc(F)cc2)c1. The average Bonchev–Trinajstić information content (AvgIpc) is 2.77. The molecule has 2 heterocycles. The van der Waals surface area contributed by atoms with Crippen LogP contribution in [0.1, 0.15) is 26.2 Å². The van der Waals surface area contributed by atoms with Crippen molar-refractivity contribution in [3.8, 4) is 0 Å². The van der Waals surface area contributed by atoms with E-state index in [1.807, 2.05) is 6.92 Å². The number of aromatic nitrogens is 2. The van der Waals surface area contributed by atoms with Crippen molar-refractivity contribution in [2.24, 2.45) is 0 Å². The van der Waals surface area contributed by atoms with Crippen LogP contribution in [0.3, 0.4) is 0 Å². The number of sulfonamides is 1. The van der Waals surface area contributed by atoms with Gasteiger partial charge in [-0.15, -0.1) is 0 Å². The molecule has 168 valence electrons. The topological polar surface area (TPSA) is 101 Å². The van der Waals surface area contributed by atoms with Crippen molar-refractivity contribution < 1.29 is 17.6 Å². The zero-order valence-corrected chi connectivity index (χ0v) is 18.3. The molecule has 3 aromatic rings.